The van der Waals surface area contributed by atoms with Crippen molar-refractivity contribution < 1.29 is 9.59 Å². The standard InChI is InChI=1S/C23H26N8O2S/c32-22(31-11-4-2-7-18(31)17-6-5-9-24-16-17)20-21(34-28-27-20)26-23(33)30-14-12-29(13-15-30)19-8-1-3-10-25-19/h1,3,5-6,8-10,16,18H,2,4,7,11-15H2,(H,26,33)/t18-/m0/s1. The summed E-state index contributed by atoms with van der Waals surface area (Å²) in [5, 5.41) is 7.34. The van der Waals surface area contributed by atoms with E-state index in [0.29, 0.717) is 37.7 Å². The molecule has 176 valence electrons. The lowest BCUT2D eigenvalue weighted by Crippen LogP contribution is -2.50. The Morgan fingerprint density at radius 2 is 1.88 bits per heavy atom. The van der Waals surface area contributed by atoms with Gasteiger partial charge in [0.15, 0.2) is 10.7 Å². The molecular formula is C23H26N8O2S. The third kappa shape index (κ3) is 4.69. The summed E-state index contributed by atoms with van der Waals surface area (Å²) in [6.45, 7) is 3.15. The van der Waals surface area contributed by atoms with Crippen LogP contribution in [0.1, 0.15) is 41.4 Å². The predicted molar refractivity (Wildman–Crippen MR) is 129 cm³/mol. The van der Waals surface area contributed by atoms with Crippen molar-refractivity contribution in [3.05, 3.63) is 60.2 Å². The van der Waals surface area contributed by atoms with Crippen molar-refractivity contribution in [1.82, 2.24) is 29.4 Å². The molecule has 5 rings (SSSR count). The second-order valence-corrected chi connectivity index (χ2v) is 9.09. The second-order valence-electron chi connectivity index (χ2n) is 8.34. The number of nitrogens with zero attached hydrogens (tertiary/aromatic N) is 7. The first kappa shape index (κ1) is 22.2. The lowest BCUT2D eigenvalue weighted by molar-refractivity contribution is 0.0606. The largest absolute Gasteiger partial charge is 0.353 e. The van der Waals surface area contributed by atoms with Crippen molar-refractivity contribution >= 4 is 34.3 Å². The topological polar surface area (TPSA) is 107 Å². The van der Waals surface area contributed by atoms with Crippen molar-refractivity contribution in [2.45, 2.75) is 25.3 Å². The molecule has 3 amide bonds. The third-order valence-electron chi connectivity index (χ3n) is 6.28. The van der Waals surface area contributed by atoms with Gasteiger partial charge in [0.1, 0.15) is 5.82 Å². The SMILES string of the molecule is O=C(Nc1snnc1C(=O)N1CCCC[C@H]1c1cccnc1)N1CCN(c2ccccn2)CC1. The molecule has 1 atom stereocenters. The number of piperazine rings is 1. The van der Waals surface area contributed by atoms with Gasteiger partial charge in [-0.15, -0.1) is 5.10 Å². The van der Waals surface area contributed by atoms with Crippen molar-refractivity contribution in [2.24, 2.45) is 0 Å². The molecule has 10 nitrogen and oxygen atoms in total. The highest BCUT2D eigenvalue weighted by atomic mass is 32.1. The van der Waals surface area contributed by atoms with Crippen LogP contribution in [0.15, 0.2) is 48.9 Å². The van der Waals surface area contributed by atoms with Crippen LogP contribution in [0.5, 0.6) is 0 Å². The molecule has 0 spiro atoms. The Morgan fingerprint density at radius 1 is 1.00 bits per heavy atom. The second kappa shape index (κ2) is 10.1. The first-order chi connectivity index (χ1) is 16.7. The number of carbonyl (C=O) groups excluding carboxylic acids is 2. The number of nitrogens with one attached hydrogen (secondary N) is 1. The number of hydrogen-bond acceptors (Lipinski definition) is 8. The number of aromatic nitrogens is 4. The van der Waals surface area contributed by atoms with Crippen LogP contribution in [0.4, 0.5) is 15.6 Å². The van der Waals surface area contributed by atoms with Crippen molar-refractivity contribution in [3.8, 4) is 0 Å². The number of amides is 3. The van der Waals surface area contributed by atoms with Gasteiger partial charge in [0.2, 0.25) is 0 Å². The third-order valence-corrected chi connectivity index (χ3v) is 6.93. The average Bonchev–Trinajstić information content (AvgIpc) is 3.37. The number of hydrogen-bond donors (Lipinski definition) is 1. The number of anilines is 2. The summed E-state index contributed by atoms with van der Waals surface area (Å²) >= 11 is 1.03. The van der Waals surface area contributed by atoms with Crippen LogP contribution in [0, 0.1) is 0 Å². The Hall–Kier alpha value is -3.60. The number of pyridine rings is 2. The Kier molecular flexibility index (Phi) is 6.61. The smallest absolute Gasteiger partial charge is 0.322 e. The molecular weight excluding hydrogens is 452 g/mol. The van der Waals surface area contributed by atoms with Crippen LogP contribution in [0.2, 0.25) is 0 Å². The first-order valence-electron chi connectivity index (χ1n) is 11.5. The van der Waals surface area contributed by atoms with Gasteiger partial charge < -0.3 is 14.7 Å². The Balaban J connectivity index is 1.24. The highest BCUT2D eigenvalue weighted by molar-refractivity contribution is 7.10. The van der Waals surface area contributed by atoms with Crippen molar-refractivity contribution in [3.63, 3.8) is 0 Å². The maximum Gasteiger partial charge on any atom is 0.322 e. The van der Waals surface area contributed by atoms with Gasteiger partial charge in [0.25, 0.3) is 5.91 Å². The quantitative estimate of drug-likeness (QED) is 0.614. The zero-order valence-electron chi connectivity index (χ0n) is 18.7. The molecule has 2 saturated heterocycles. The highest BCUT2D eigenvalue weighted by Gasteiger charge is 2.33. The Bertz CT molecular complexity index is 1120. The Labute approximate surface area is 201 Å². The molecule has 5 heterocycles. The molecule has 3 aromatic heterocycles. The fourth-order valence-corrected chi connectivity index (χ4v) is 5.05. The number of urea groups is 1. The van der Waals surface area contributed by atoms with Gasteiger partial charge in [0, 0.05) is 62.8 Å². The van der Waals surface area contributed by atoms with Gasteiger partial charge in [-0.2, -0.15) is 0 Å². The molecule has 0 aromatic carbocycles. The summed E-state index contributed by atoms with van der Waals surface area (Å²) in [7, 11) is 0. The molecule has 1 N–H and O–H groups in total. The maximum absolute atomic E-state index is 13.5. The van der Waals surface area contributed by atoms with E-state index in [2.05, 4.69) is 29.8 Å². The molecule has 0 saturated carbocycles. The zero-order valence-corrected chi connectivity index (χ0v) is 19.5. The summed E-state index contributed by atoms with van der Waals surface area (Å²) in [5.74, 6) is 0.698. The van der Waals surface area contributed by atoms with E-state index >= 15 is 0 Å². The summed E-state index contributed by atoms with van der Waals surface area (Å²) in [6.07, 6.45) is 8.16. The Morgan fingerprint density at radius 3 is 2.65 bits per heavy atom. The van der Waals surface area contributed by atoms with Crippen LogP contribution in [-0.2, 0) is 0 Å². The molecule has 2 aliphatic heterocycles. The molecule has 3 aromatic rings. The number of likely N-dealkylation sites (tertiary alicyclic amines) is 1. The van der Waals surface area contributed by atoms with E-state index in [0.717, 1.165) is 42.2 Å². The zero-order chi connectivity index (χ0) is 23.3. The van der Waals surface area contributed by atoms with Gasteiger partial charge >= 0.3 is 6.03 Å². The van der Waals surface area contributed by atoms with Crippen molar-refractivity contribution in [2.75, 3.05) is 42.9 Å². The summed E-state index contributed by atoms with van der Waals surface area (Å²) in [6, 6.07) is 9.39. The minimum atomic E-state index is -0.247. The fourth-order valence-electron chi connectivity index (χ4n) is 4.50. The lowest BCUT2D eigenvalue weighted by Gasteiger charge is -2.36. The number of piperidine rings is 1. The maximum atomic E-state index is 13.5. The predicted octanol–water partition coefficient (Wildman–Crippen LogP) is 3.05. The minimum absolute atomic E-state index is 0.0557. The van der Waals surface area contributed by atoms with Crippen LogP contribution in [0.25, 0.3) is 0 Å². The van der Waals surface area contributed by atoms with Crippen LogP contribution >= 0.6 is 11.5 Å². The van der Waals surface area contributed by atoms with Gasteiger partial charge in [-0.1, -0.05) is 16.6 Å². The van der Waals surface area contributed by atoms with Gasteiger partial charge in [-0.25, -0.2) is 9.78 Å². The summed E-state index contributed by atoms with van der Waals surface area (Å²) in [4.78, 5) is 40.7. The monoisotopic (exact) mass is 478 g/mol. The number of rotatable bonds is 4. The number of carbonyl (C=O) groups is 2. The first-order valence-corrected chi connectivity index (χ1v) is 12.2. The molecule has 2 aliphatic rings. The molecule has 34 heavy (non-hydrogen) atoms. The van der Waals surface area contributed by atoms with E-state index in [4.69, 9.17) is 0 Å². The van der Waals surface area contributed by atoms with E-state index in [1.165, 1.54) is 0 Å². The van der Waals surface area contributed by atoms with E-state index in [-0.39, 0.29) is 23.7 Å². The van der Waals surface area contributed by atoms with E-state index in [9.17, 15) is 9.59 Å². The highest BCUT2D eigenvalue weighted by Crippen LogP contribution is 2.33. The lowest BCUT2D eigenvalue weighted by atomic mass is 9.96. The fraction of sp³-hybridized carbons (Fsp3) is 0.391. The summed E-state index contributed by atoms with van der Waals surface area (Å²) in [5.41, 5.74) is 1.20. The van der Waals surface area contributed by atoms with E-state index < -0.39 is 0 Å². The van der Waals surface area contributed by atoms with Crippen molar-refractivity contribution in [1.29, 1.82) is 0 Å². The van der Waals surface area contributed by atoms with Crippen LogP contribution in [-0.4, -0.2) is 74.0 Å². The van der Waals surface area contributed by atoms with E-state index in [1.807, 2.05) is 41.4 Å². The molecule has 0 unspecified atom stereocenters. The minimum Gasteiger partial charge on any atom is -0.353 e. The van der Waals surface area contributed by atoms with Crippen LogP contribution in [0.3, 0.4) is 0 Å². The van der Waals surface area contributed by atoms with Gasteiger partial charge in [0.05, 0.1) is 6.04 Å². The summed E-state index contributed by atoms with van der Waals surface area (Å²) < 4.78 is 3.97. The van der Waals surface area contributed by atoms with Gasteiger partial charge in [-0.05, 0) is 43.0 Å². The van der Waals surface area contributed by atoms with Gasteiger partial charge in [-0.3, -0.25) is 15.1 Å². The average molecular weight is 479 g/mol. The molecule has 0 bridgehead atoms. The molecule has 0 aliphatic carbocycles. The molecule has 11 heteroatoms. The molecule has 2 fully saturated rings. The van der Waals surface area contributed by atoms with Crippen LogP contribution < -0.4 is 10.2 Å². The van der Waals surface area contributed by atoms with E-state index in [1.54, 1.807) is 17.3 Å². The molecule has 0 radical (unpaired) electrons. The normalized spacial score (nSPS) is 18.6.